The van der Waals surface area contributed by atoms with Crippen LogP contribution in [0.15, 0.2) is 16.6 Å². The minimum absolute atomic E-state index is 0.243. The molecule has 1 aromatic carbocycles. The smallest absolute Gasteiger partial charge is 0.322 e. The number of alkyl halides is 1. The second-order valence-electron chi connectivity index (χ2n) is 3.67. The fourth-order valence-electron chi connectivity index (χ4n) is 1.35. The predicted octanol–water partition coefficient (Wildman–Crippen LogP) is 3.38. The molecule has 0 spiro atoms. The quantitative estimate of drug-likeness (QED) is 0.606. The van der Waals surface area contributed by atoms with Crippen LogP contribution in [0.5, 0.6) is 5.75 Å². The number of benzene rings is 1. The SMILES string of the molecule is COC(=O)C(Br)COc1cc(C)c(Br)c(C)c1. The van der Waals surface area contributed by atoms with Crippen LogP contribution in [0.3, 0.4) is 0 Å². The number of esters is 1. The average molecular weight is 366 g/mol. The van der Waals surface area contributed by atoms with Crippen molar-refractivity contribution in [2.75, 3.05) is 13.7 Å². The summed E-state index contributed by atoms with van der Waals surface area (Å²) in [4.78, 5) is 10.7. The molecule has 0 aromatic heterocycles. The summed E-state index contributed by atoms with van der Waals surface area (Å²) in [6, 6.07) is 3.85. The van der Waals surface area contributed by atoms with E-state index in [1.54, 1.807) is 0 Å². The summed E-state index contributed by atoms with van der Waals surface area (Å²) in [6.45, 7) is 4.24. The van der Waals surface area contributed by atoms with Gasteiger partial charge in [-0.25, -0.2) is 0 Å². The number of hydrogen-bond acceptors (Lipinski definition) is 3. The summed E-state index contributed by atoms with van der Waals surface area (Å²) in [6.07, 6.45) is 0. The van der Waals surface area contributed by atoms with E-state index in [0.717, 1.165) is 21.3 Å². The first-order chi connectivity index (χ1) is 7.95. The molecule has 0 heterocycles. The zero-order chi connectivity index (χ0) is 13.0. The normalized spacial score (nSPS) is 12.1. The fourth-order valence-corrected chi connectivity index (χ4v) is 1.90. The van der Waals surface area contributed by atoms with Crippen molar-refractivity contribution >= 4 is 37.8 Å². The van der Waals surface area contributed by atoms with Crippen LogP contribution in [0.4, 0.5) is 0 Å². The molecule has 0 N–H and O–H groups in total. The highest BCUT2D eigenvalue weighted by Crippen LogP contribution is 2.26. The van der Waals surface area contributed by atoms with Crippen LogP contribution in [0, 0.1) is 13.8 Å². The fraction of sp³-hybridized carbons (Fsp3) is 0.417. The molecule has 0 amide bonds. The monoisotopic (exact) mass is 364 g/mol. The van der Waals surface area contributed by atoms with Crippen LogP contribution in [0.25, 0.3) is 0 Å². The summed E-state index contributed by atoms with van der Waals surface area (Å²) in [5, 5.41) is 0. The Labute approximate surface area is 118 Å². The van der Waals surface area contributed by atoms with Crippen molar-refractivity contribution in [2.24, 2.45) is 0 Å². The number of aryl methyl sites for hydroxylation is 2. The van der Waals surface area contributed by atoms with Gasteiger partial charge in [0.15, 0.2) is 0 Å². The maximum atomic E-state index is 11.2. The molecule has 0 aliphatic carbocycles. The topological polar surface area (TPSA) is 35.5 Å². The predicted molar refractivity (Wildman–Crippen MR) is 73.8 cm³/mol. The summed E-state index contributed by atoms with van der Waals surface area (Å²) >= 11 is 6.69. The lowest BCUT2D eigenvalue weighted by Crippen LogP contribution is -2.22. The van der Waals surface area contributed by atoms with E-state index in [1.165, 1.54) is 7.11 Å². The van der Waals surface area contributed by atoms with Crippen LogP contribution in [0.1, 0.15) is 11.1 Å². The van der Waals surface area contributed by atoms with Crippen molar-refractivity contribution in [3.63, 3.8) is 0 Å². The van der Waals surface area contributed by atoms with Gasteiger partial charge in [-0.1, -0.05) is 31.9 Å². The number of ether oxygens (including phenoxy) is 2. The molecule has 0 fully saturated rings. The Morgan fingerprint density at radius 2 is 1.88 bits per heavy atom. The highest BCUT2D eigenvalue weighted by atomic mass is 79.9. The molecule has 0 aliphatic rings. The van der Waals surface area contributed by atoms with Gasteiger partial charge in [0.2, 0.25) is 0 Å². The molecule has 5 heteroatoms. The van der Waals surface area contributed by atoms with E-state index in [1.807, 2.05) is 26.0 Å². The third-order valence-electron chi connectivity index (χ3n) is 2.26. The Morgan fingerprint density at radius 1 is 1.35 bits per heavy atom. The zero-order valence-electron chi connectivity index (χ0n) is 9.92. The van der Waals surface area contributed by atoms with Crippen LogP contribution >= 0.6 is 31.9 Å². The van der Waals surface area contributed by atoms with Crippen LogP contribution in [0.2, 0.25) is 0 Å². The van der Waals surface area contributed by atoms with Crippen molar-refractivity contribution in [2.45, 2.75) is 18.7 Å². The van der Waals surface area contributed by atoms with Gasteiger partial charge in [0.05, 0.1) is 7.11 Å². The van der Waals surface area contributed by atoms with Gasteiger partial charge in [0.25, 0.3) is 0 Å². The third kappa shape index (κ3) is 4.00. The molecule has 0 radical (unpaired) electrons. The minimum Gasteiger partial charge on any atom is -0.492 e. The first-order valence-electron chi connectivity index (χ1n) is 5.07. The van der Waals surface area contributed by atoms with Crippen molar-refractivity contribution in [1.29, 1.82) is 0 Å². The van der Waals surface area contributed by atoms with Crippen molar-refractivity contribution < 1.29 is 14.3 Å². The Balaban J connectivity index is 2.67. The molecule has 0 bridgehead atoms. The van der Waals surface area contributed by atoms with Crippen molar-refractivity contribution in [1.82, 2.24) is 0 Å². The van der Waals surface area contributed by atoms with E-state index in [9.17, 15) is 4.79 Å². The zero-order valence-corrected chi connectivity index (χ0v) is 13.1. The van der Waals surface area contributed by atoms with E-state index >= 15 is 0 Å². The van der Waals surface area contributed by atoms with E-state index in [0.29, 0.717) is 0 Å². The number of carbonyl (C=O) groups is 1. The summed E-state index contributed by atoms with van der Waals surface area (Å²) in [5.74, 6) is 0.409. The molecule has 1 aromatic rings. The maximum absolute atomic E-state index is 11.2. The average Bonchev–Trinajstić information content (AvgIpc) is 2.31. The highest BCUT2D eigenvalue weighted by molar-refractivity contribution is 9.10. The number of hydrogen-bond donors (Lipinski definition) is 0. The Hall–Kier alpha value is -0.550. The molecule has 0 aliphatic heterocycles. The van der Waals surface area contributed by atoms with Gasteiger partial charge in [-0.3, -0.25) is 4.79 Å². The molecule has 3 nitrogen and oxygen atoms in total. The first-order valence-corrected chi connectivity index (χ1v) is 6.78. The molecule has 17 heavy (non-hydrogen) atoms. The lowest BCUT2D eigenvalue weighted by Gasteiger charge is -2.12. The number of rotatable bonds is 4. The lowest BCUT2D eigenvalue weighted by molar-refractivity contribution is -0.140. The Morgan fingerprint density at radius 3 is 2.35 bits per heavy atom. The van der Waals surface area contributed by atoms with E-state index in [4.69, 9.17) is 4.74 Å². The van der Waals surface area contributed by atoms with Crippen molar-refractivity contribution in [3.05, 3.63) is 27.7 Å². The molecule has 0 saturated heterocycles. The molecular weight excluding hydrogens is 352 g/mol. The Kier molecular flexibility index (Phi) is 5.46. The standard InChI is InChI=1S/C12H14Br2O3/c1-7-4-9(5-8(2)11(7)14)17-6-10(13)12(15)16-3/h4-5,10H,6H2,1-3H3. The van der Waals surface area contributed by atoms with E-state index in [2.05, 4.69) is 36.6 Å². The largest absolute Gasteiger partial charge is 0.492 e. The molecular formula is C12H14Br2O3. The number of halogens is 2. The van der Waals surface area contributed by atoms with E-state index in [-0.39, 0.29) is 12.6 Å². The molecule has 94 valence electrons. The first kappa shape index (κ1) is 14.5. The molecule has 1 unspecified atom stereocenters. The Bertz CT molecular complexity index is 395. The van der Waals surface area contributed by atoms with Crippen LogP contribution in [-0.2, 0) is 9.53 Å². The van der Waals surface area contributed by atoms with Gasteiger partial charge >= 0.3 is 5.97 Å². The van der Waals surface area contributed by atoms with Gasteiger partial charge in [-0.05, 0) is 37.1 Å². The van der Waals surface area contributed by atoms with Crippen LogP contribution in [-0.4, -0.2) is 24.5 Å². The highest BCUT2D eigenvalue weighted by Gasteiger charge is 2.16. The number of carbonyl (C=O) groups excluding carboxylic acids is 1. The van der Waals surface area contributed by atoms with Crippen molar-refractivity contribution in [3.8, 4) is 5.75 Å². The summed E-state index contributed by atoms with van der Waals surface area (Å²) < 4.78 is 11.2. The van der Waals surface area contributed by atoms with E-state index < -0.39 is 4.83 Å². The summed E-state index contributed by atoms with van der Waals surface area (Å²) in [5.41, 5.74) is 2.20. The van der Waals surface area contributed by atoms with Gasteiger partial charge < -0.3 is 9.47 Å². The summed E-state index contributed by atoms with van der Waals surface area (Å²) in [7, 11) is 1.35. The van der Waals surface area contributed by atoms with Gasteiger partial charge in [0.1, 0.15) is 17.2 Å². The number of methoxy groups -OCH3 is 1. The lowest BCUT2D eigenvalue weighted by atomic mass is 10.1. The van der Waals surface area contributed by atoms with Gasteiger partial charge in [-0.2, -0.15) is 0 Å². The van der Waals surface area contributed by atoms with Crippen LogP contribution < -0.4 is 4.74 Å². The second kappa shape index (κ2) is 6.40. The molecule has 0 saturated carbocycles. The minimum atomic E-state index is -0.447. The maximum Gasteiger partial charge on any atom is 0.322 e. The third-order valence-corrected chi connectivity index (χ3v) is 4.15. The van der Waals surface area contributed by atoms with Gasteiger partial charge in [-0.15, -0.1) is 0 Å². The molecule has 1 atom stereocenters. The molecule has 1 rings (SSSR count). The second-order valence-corrected chi connectivity index (χ2v) is 5.57. The van der Waals surface area contributed by atoms with Gasteiger partial charge in [0, 0.05) is 4.47 Å².